The van der Waals surface area contributed by atoms with Gasteiger partial charge in [0.25, 0.3) is 0 Å². The average molecular weight is 510 g/mol. The fraction of sp³-hybridized carbons (Fsp3) is 0.542. The van der Waals surface area contributed by atoms with Gasteiger partial charge in [-0.3, -0.25) is 19.2 Å². The molecule has 0 saturated heterocycles. The quantitative estimate of drug-likeness (QED) is 0.514. The second-order valence-electron chi connectivity index (χ2n) is 9.64. The predicted molar refractivity (Wildman–Crippen MR) is 131 cm³/mol. The van der Waals surface area contributed by atoms with E-state index in [0.717, 1.165) is 31.1 Å². The smallest absolute Gasteiger partial charge is 0.328 e. The molecule has 0 spiro atoms. The van der Waals surface area contributed by atoms with Gasteiger partial charge in [0.05, 0.1) is 9.92 Å². The van der Waals surface area contributed by atoms with Gasteiger partial charge in [-0.25, -0.2) is 8.42 Å². The molecular formula is C24H32ClN3O5S. The topological polar surface area (TPSA) is 98.6 Å². The van der Waals surface area contributed by atoms with Crippen molar-refractivity contribution in [2.75, 3.05) is 11.2 Å². The molecule has 34 heavy (non-hydrogen) atoms. The molecule has 1 saturated carbocycles. The number of benzene rings is 1. The van der Waals surface area contributed by atoms with E-state index in [2.05, 4.69) is 5.10 Å². The molecule has 186 valence electrons. The van der Waals surface area contributed by atoms with Crippen molar-refractivity contribution in [3.8, 4) is 0 Å². The van der Waals surface area contributed by atoms with E-state index in [0.29, 0.717) is 12.2 Å². The first-order valence-electron chi connectivity index (χ1n) is 11.4. The summed E-state index contributed by atoms with van der Waals surface area (Å²) in [5, 5.41) is 4.68. The summed E-state index contributed by atoms with van der Waals surface area (Å²) in [7, 11) is -3.43. The molecule has 1 heterocycles. The summed E-state index contributed by atoms with van der Waals surface area (Å²) in [6.07, 6.45) is 5.62. The number of carbonyl (C=O) groups excluding carboxylic acids is 2. The fourth-order valence-electron chi connectivity index (χ4n) is 4.41. The van der Waals surface area contributed by atoms with Crippen LogP contribution in [0.25, 0.3) is 0 Å². The van der Waals surface area contributed by atoms with Gasteiger partial charge in [-0.05, 0) is 51.3 Å². The van der Waals surface area contributed by atoms with Crippen molar-refractivity contribution in [1.29, 1.82) is 0 Å². The molecule has 2 aromatic rings. The summed E-state index contributed by atoms with van der Waals surface area (Å²) in [4.78, 5) is 27.0. The van der Waals surface area contributed by atoms with Gasteiger partial charge < -0.3 is 4.74 Å². The van der Waals surface area contributed by atoms with Crippen molar-refractivity contribution < 1.29 is 22.7 Å². The number of ether oxygens (including phenoxy) is 1. The van der Waals surface area contributed by atoms with E-state index in [1.165, 1.54) is 10.7 Å². The standard InChI is InChI=1S/C24H32ClN3O5S/c1-6-22(29)28(21-12-13-27(26-21)15-23(30)33-24(2,3)4)19-9-7-8-17(19)16-10-11-20(18(25)14-16)34(5,31)32/h10-14,17,19H,6-9,15H2,1-5H3. The highest BCUT2D eigenvalue weighted by Crippen LogP contribution is 2.41. The van der Waals surface area contributed by atoms with Crippen molar-refractivity contribution >= 4 is 39.1 Å². The average Bonchev–Trinajstić information content (AvgIpc) is 3.35. The molecule has 10 heteroatoms. The van der Waals surface area contributed by atoms with E-state index in [-0.39, 0.29) is 34.3 Å². The number of halogens is 1. The number of sulfone groups is 1. The maximum atomic E-state index is 13.0. The monoisotopic (exact) mass is 509 g/mol. The van der Waals surface area contributed by atoms with Crippen LogP contribution in [0.3, 0.4) is 0 Å². The molecule has 3 rings (SSSR count). The summed E-state index contributed by atoms with van der Waals surface area (Å²) in [6, 6.07) is 6.58. The van der Waals surface area contributed by atoms with E-state index < -0.39 is 21.4 Å². The van der Waals surface area contributed by atoms with Gasteiger partial charge >= 0.3 is 5.97 Å². The minimum atomic E-state index is -3.43. The molecule has 1 aliphatic rings. The summed E-state index contributed by atoms with van der Waals surface area (Å²) in [5.41, 5.74) is 0.296. The minimum absolute atomic E-state index is 0.0161. The molecular weight excluding hydrogens is 478 g/mol. The van der Waals surface area contributed by atoms with Gasteiger partial charge in [-0.2, -0.15) is 5.10 Å². The Kier molecular flexibility index (Phi) is 7.77. The highest BCUT2D eigenvalue weighted by molar-refractivity contribution is 7.90. The molecule has 0 aliphatic heterocycles. The molecule has 2 unspecified atom stereocenters. The number of hydrogen-bond acceptors (Lipinski definition) is 6. The number of nitrogens with zero attached hydrogens (tertiary/aromatic N) is 3. The Hall–Kier alpha value is -2.39. The van der Waals surface area contributed by atoms with Crippen molar-refractivity contribution in [2.24, 2.45) is 0 Å². The van der Waals surface area contributed by atoms with Crippen molar-refractivity contribution in [1.82, 2.24) is 9.78 Å². The van der Waals surface area contributed by atoms with E-state index in [1.807, 2.05) is 0 Å². The first kappa shape index (κ1) is 26.2. The van der Waals surface area contributed by atoms with Gasteiger partial charge in [-0.1, -0.05) is 31.0 Å². The number of anilines is 1. The molecule has 0 radical (unpaired) electrons. The van der Waals surface area contributed by atoms with Gasteiger partial charge in [0.15, 0.2) is 15.7 Å². The number of amides is 1. The predicted octanol–water partition coefficient (Wildman–Crippen LogP) is 4.36. The third-order valence-electron chi connectivity index (χ3n) is 5.75. The summed E-state index contributed by atoms with van der Waals surface area (Å²) in [6.45, 7) is 7.15. The van der Waals surface area contributed by atoms with E-state index >= 15 is 0 Å². The summed E-state index contributed by atoms with van der Waals surface area (Å²) in [5.74, 6) is -0.0167. The Labute approximate surface area is 206 Å². The highest BCUT2D eigenvalue weighted by atomic mass is 35.5. The molecule has 0 bridgehead atoms. The zero-order valence-electron chi connectivity index (χ0n) is 20.2. The van der Waals surface area contributed by atoms with Crippen LogP contribution in [0.5, 0.6) is 0 Å². The Morgan fingerprint density at radius 3 is 2.53 bits per heavy atom. The molecule has 1 aromatic carbocycles. The van der Waals surface area contributed by atoms with Crippen LogP contribution in [-0.4, -0.2) is 48.0 Å². The maximum Gasteiger partial charge on any atom is 0.328 e. The van der Waals surface area contributed by atoms with E-state index in [9.17, 15) is 18.0 Å². The van der Waals surface area contributed by atoms with Crippen LogP contribution in [0.1, 0.15) is 64.9 Å². The van der Waals surface area contributed by atoms with Gasteiger partial charge in [-0.15, -0.1) is 0 Å². The maximum absolute atomic E-state index is 13.0. The van der Waals surface area contributed by atoms with Crippen LogP contribution in [0.4, 0.5) is 5.82 Å². The number of aromatic nitrogens is 2. The van der Waals surface area contributed by atoms with Crippen molar-refractivity contribution in [3.05, 3.63) is 41.0 Å². The van der Waals surface area contributed by atoms with Gasteiger partial charge in [0.2, 0.25) is 5.91 Å². The lowest BCUT2D eigenvalue weighted by Crippen LogP contribution is -2.42. The highest BCUT2D eigenvalue weighted by Gasteiger charge is 2.37. The van der Waals surface area contributed by atoms with Crippen LogP contribution < -0.4 is 4.90 Å². The van der Waals surface area contributed by atoms with Crippen LogP contribution in [0.2, 0.25) is 5.02 Å². The number of hydrogen-bond donors (Lipinski definition) is 0. The molecule has 1 fully saturated rings. The van der Waals surface area contributed by atoms with E-state index in [1.54, 1.807) is 57.0 Å². The second-order valence-corrected chi connectivity index (χ2v) is 12.0. The third kappa shape index (κ3) is 6.18. The molecule has 2 atom stereocenters. The first-order valence-corrected chi connectivity index (χ1v) is 13.6. The normalized spacial score (nSPS) is 18.6. The zero-order chi connectivity index (χ0) is 25.3. The number of esters is 1. The van der Waals surface area contributed by atoms with E-state index in [4.69, 9.17) is 16.3 Å². The SMILES string of the molecule is CCC(=O)N(c1ccn(CC(=O)OC(C)(C)C)n1)C1CCCC1c1ccc(S(C)(=O)=O)c(Cl)c1. The van der Waals surface area contributed by atoms with Crippen LogP contribution in [-0.2, 0) is 30.7 Å². The van der Waals surface area contributed by atoms with Crippen LogP contribution in [0, 0.1) is 0 Å². The lowest BCUT2D eigenvalue weighted by molar-refractivity contribution is -0.155. The lowest BCUT2D eigenvalue weighted by atomic mass is 9.93. The van der Waals surface area contributed by atoms with Crippen LogP contribution >= 0.6 is 11.6 Å². The Balaban J connectivity index is 1.88. The zero-order valence-corrected chi connectivity index (χ0v) is 21.8. The third-order valence-corrected chi connectivity index (χ3v) is 7.33. The minimum Gasteiger partial charge on any atom is -0.459 e. The number of carbonyl (C=O) groups is 2. The Bertz CT molecular complexity index is 1170. The largest absolute Gasteiger partial charge is 0.459 e. The molecule has 1 amide bonds. The lowest BCUT2D eigenvalue weighted by Gasteiger charge is -2.32. The number of rotatable bonds is 7. The second kappa shape index (κ2) is 10.1. The van der Waals surface area contributed by atoms with Crippen molar-refractivity contribution in [3.63, 3.8) is 0 Å². The molecule has 1 aliphatic carbocycles. The summed E-state index contributed by atoms with van der Waals surface area (Å²) >= 11 is 6.30. The van der Waals surface area contributed by atoms with Crippen LogP contribution in [0.15, 0.2) is 35.4 Å². The Morgan fingerprint density at radius 1 is 1.24 bits per heavy atom. The molecule has 1 aromatic heterocycles. The van der Waals surface area contributed by atoms with Gasteiger partial charge in [0, 0.05) is 36.9 Å². The fourth-order valence-corrected chi connectivity index (χ4v) is 5.75. The van der Waals surface area contributed by atoms with Crippen molar-refractivity contribution in [2.45, 2.75) is 82.4 Å². The molecule has 8 nitrogen and oxygen atoms in total. The van der Waals surface area contributed by atoms with Gasteiger partial charge in [0.1, 0.15) is 12.1 Å². The molecule has 0 N–H and O–H groups in total. The Morgan fingerprint density at radius 2 is 1.94 bits per heavy atom. The first-order chi connectivity index (χ1) is 15.8. The summed E-state index contributed by atoms with van der Waals surface area (Å²) < 4.78 is 30.7.